The fourth-order valence-corrected chi connectivity index (χ4v) is 1.76. The van der Waals surface area contributed by atoms with Crippen molar-refractivity contribution in [3.63, 3.8) is 0 Å². The highest BCUT2D eigenvalue weighted by atomic mass is 35.5. The van der Waals surface area contributed by atoms with Crippen molar-refractivity contribution < 1.29 is 9.47 Å². The van der Waals surface area contributed by atoms with Crippen LogP contribution in [0.3, 0.4) is 0 Å². The highest BCUT2D eigenvalue weighted by Gasteiger charge is 2.11. The molecule has 0 bridgehead atoms. The van der Waals surface area contributed by atoms with E-state index in [1.54, 1.807) is 19.2 Å². The van der Waals surface area contributed by atoms with Gasteiger partial charge in [-0.1, -0.05) is 11.6 Å². The number of nitrogen functional groups attached to an aromatic ring is 1. The number of aromatic nitrogens is 2. The number of hydrogen-bond acceptors (Lipinski definition) is 6. The van der Waals surface area contributed by atoms with Gasteiger partial charge >= 0.3 is 0 Å². The molecule has 0 radical (unpaired) electrons. The van der Waals surface area contributed by atoms with E-state index < -0.39 is 0 Å². The molecule has 1 heterocycles. The molecule has 3 N–H and O–H groups in total. The van der Waals surface area contributed by atoms with Crippen LogP contribution in [0.25, 0.3) is 0 Å². The minimum atomic E-state index is 0.429. The van der Waals surface area contributed by atoms with Crippen molar-refractivity contribution in [3.8, 4) is 11.5 Å². The molecule has 2 rings (SSSR count). The molecule has 0 fully saturated rings. The Labute approximate surface area is 115 Å². The van der Waals surface area contributed by atoms with E-state index in [9.17, 15) is 0 Å². The predicted octanol–water partition coefficient (Wildman–Crippen LogP) is 2.47. The van der Waals surface area contributed by atoms with Gasteiger partial charge in [0.05, 0.1) is 36.8 Å². The topological polar surface area (TPSA) is 82.3 Å². The maximum Gasteiger partial charge on any atom is 0.157 e. The molecule has 0 amide bonds. The summed E-state index contributed by atoms with van der Waals surface area (Å²) in [7, 11) is 3.09. The zero-order valence-corrected chi connectivity index (χ0v) is 11.2. The molecule has 7 heteroatoms. The van der Waals surface area contributed by atoms with Crippen LogP contribution in [-0.4, -0.2) is 24.2 Å². The number of nitrogens with two attached hydrogens (primary N) is 1. The monoisotopic (exact) mass is 280 g/mol. The SMILES string of the molecule is COc1cc(Nc2ncncc2N)c(OC)cc1Cl. The number of hydrogen-bond donors (Lipinski definition) is 2. The molecule has 0 aliphatic carbocycles. The largest absolute Gasteiger partial charge is 0.495 e. The lowest BCUT2D eigenvalue weighted by atomic mass is 10.2. The van der Waals surface area contributed by atoms with Gasteiger partial charge in [0.15, 0.2) is 5.82 Å². The first-order chi connectivity index (χ1) is 9.15. The lowest BCUT2D eigenvalue weighted by Gasteiger charge is -2.14. The normalized spacial score (nSPS) is 10.1. The van der Waals surface area contributed by atoms with Crippen LogP contribution < -0.4 is 20.5 Å². The van der Waals surface area contributed by atoms with Crippen LogP contribution >= 0.6 is 11.6 Å². The van der Waals surface area contributed by atoms with Crippen molar-refractivity contribution in [1.29, 1.82) is 0 Å². The van der Waals surface area contributed by atoms with E-state index in [1.807, 2.05) is 0 Å². The van der Waals surface area contributed by atoms with Crippen LogP contribution in [0, 0.1) is 0 Å². The van der Waals surface area contributed by atoms with E-state index >= 15 is 0 Å². The Bertz CT molecular complexity index is 592. The lowest BCUT2D eigenvalue weighted by molar-refractivity contribution is 0.405. The number of nitrogens with zero attached hydrogens (tertiary/aromatic N) is 2. The molecule has 6 nitrogen and oxygen atoms in total. The summed E-state index contributed by atoms with van der Waals surface area (Å²) in [6.07, 6.45) is 2.91. The molecule has 100 valence electrons. The van der Waals surface area contributed by atoms with Crippen molar-refractivity contribution in [2.24, 2.45) is 0 Å². The van der Waals surface area contributed by atoms with E-state index in [4.69, 9.17) is 26.8 Å². The Morgan fingerprint density at radius 1 is 1.21 bits per heavy atom. The fourth-order valence-electron chi connectivity index (χ4n) is 1.53. The van der Waals surface area contributed by atoms with E-state index in [0.29, 0.717) is 33.7 Å². The van der Waals surface area contributed by atoms with E-state index in [2.05, 4.69) is 15.3 Å². The van der Waals surface area contributed by atoms with Crippen molar-refractivity contribution in [2.75, 3.05) is 25.3 Å². The fraction of sp³-hybridized carbons (Fsp3) is 0.167. The first-order valence-corrected chi connectivity index (χ1v) is 5.77. The minimum absolute atomic E-state index is 0.429. The maximum absolute atomic E-state index is 6.03. The van der Waals surface area contributed by atoms with Gasteiger partial charge in [0.2, 0.25) is 0 Å². The van der Waals surface area contributed by atoms with E-state index in [1.165, 1.54) is 19.6 Å². The highest BCUT2D eigenvalue weighted by molar-refractivity contribution is 6.32. The number of benzene rings is 1. The van der Waals surface area contributed by atoms with Crippen LogP contribution in [-0.2, 0) is 0 Å². The second-order valence-corrected chi connectivity index (χ2v) is 4.05. The summed E-state index contributed by atoms with van der Waals surface area (Å²) >= 11 is 6.03. The van der Waals surface area contributed by atoms with Gasteiger partial charge in [0, 0.05) is 12.1 Å². The van der Waals surface area contributed by atoms with E-state index in [-0.39, 0.29) is 0 Å². The molecular formula is C12H13ClN4O2. The number of anilines is 3. The third-order valence-electron chi connectivity index (χ3n) is 2.47. The van der Waals surface area contributed by atoms with Gasteiger partial charge in [-0.3, -0.25) is 0 Å². The quantitative estimate of drug-likeness (QED) is 0.895. The summed E-state index contributed by atoms with van der Waals surface area (Å²) in [4.78, 5) is 7.87. The Kier molecular flexibility index (Phi) is 3.91. The van der Waals surface area contributed by atoms with Gasteiger partial charge in [-0.25, -0.2) is 9.97 Å². The second-order valence-electron chi connectivity index (χ2n) is 3.64. The van der Waals surface area contributed by atoms with Crippen LogP contribution in [0.15, 0.2) is 24.7 Å². The van der Waals surface area contributed by atoms with Crippen LogP contribution in [0.4, 0.5) is 17.2 Å². The Balaban J connectivity index is 2.41. The molecule has 0 spiro atoms. The van der Waals surface area contributed by atoms with Gasteiger partial charge in [-0.05, 0) is 0 Å². The van der Waals surface area contributed by atoms with Gasteiger partial charge in [0.25, 0.3) is 0 Å². The van der Waals surface area contributed by atoms with Gasteiger partial charge in [0.1, 0.15) is 17.8 Å². The predicted molar refractivity (Wildman–Crippen MR) is 74.3 cm³/mol. The van der Waals surface area contributed by atoms with Crippen molar-refractivity contribution in [2.45, 2.75) is 0 Å². The standard InChI is InChI=1S/C12H13ClN4O2/c1-18-10-4-9(11(19-2)3-7(10)13)17-12-8(14)5-15-6-16-12/h3-6H,14H2,1-2H3,(H,15,16,17). The second kappa shape index (κ2) is 5.62. The molecule has 1 aromatic carbocycles. The van der Waals surface area contributed by atoms with Crippen molar-refractivity contribution in [3.05, 3.63) is 29.7 Å². The maximum atomic E-state index is 6.03. The Hall–Kier alpha value is -2.21. The third-order valence-corrected chi connectivity index (χ3v) is 2.76. The molecule has 0 saturated carbocycles. The first-order valence-electron chi connectivity index (χ1n) is 5.39. The molecular weight excluding hydrogens is 268 g/mol. The van der Waals surface area contributed by atoms with Crippen LogP contribution in [0.2, 0.25) is 5.02 Å². The summed E-state index contributed by atoms with van der Waals surface area (Å²) in [5.74, 6) is 1.57. The number of nitrogens with one attached hydrogen (secondary N) is 1. The Morgan fingerprint density at radius 2 is 1.95 bits per heavy atom. The number of methoxy groups -OCH3 is 2. The van der Waals surface area contributed by atoms with Gasteiger partial charge in [-0.15, -0.1) is 0 Å². The van der Waals surface area contributed by atoms with Crippen LogP contribution in [0.5, 0.6) is 11.5 Å². The molecule has 0 aliphatic rings. The molecule has 1 aromatic heterocycles. The number of rotatable bonds is 4. The minimum Gasteiger partial charge on any atom is -0.495 e. The van der Waals surface area contributed by atoms with Gasteiger partial charge in [-0.2, -0.15) is 0 Å². The van der Waals surface area contributed by atoms with Crippen LogP contribution in [0.1, 0.15) is 0 Å². The zero-order valence-electron chi connectivity index (χ0n) is 10.5. The summed E-state index contributed by atoms with van der Waals surface area (Å²) in [6.45, 7) is 0. The summed E-state index contributed by atoms with van der Waals surface area (Å²) in [5.41, 5.74) is 6.85. The number of ether oxygens (including phenoxy) is 2. The van der Waals surface area contributed by atoms with Gasteiger partial charge < -0.3 is 20.5 Å². The molecule has 0 saturated heterocycles. The summed E-state index contributed by atoms with van der Waals surface area (Å²) in [5, 5.41) is 3.51. The van der Waals surface area contributed by atoms with Crippen molar-refractivity contribution in [1.82, 2.24) is 9.97 Å². The summed E-state index contributed by atoms with van der Waals surface area (Å²) in [6, 6.07) is 3.36. The molecule has 0 unspecified atom stereocenters. The zero-order chi connectivity index (χ0) is 13.8. The third kappa shape index (κ3) is 2.79. The van der Waals surface area contributed by atoms with Crippen molar-refractivity contribution >= 4 is 28.8 Å². The molecule has 2 aromatic rings. The highest BCUT2D eigenvalue weighted by Crippen LogP contribution is 2.37. The lowest BCUT2D eigenvalue weighted by Crippen LogP contribution is -2.01. The first kappa shape index (κ1) is 13.2. The Morgan fingerprint density at radius 3 is 2.58 bits per heavy atom. The average molecular weight is 281 g/mol. The smallest absolute Gasteiger partial charge is 0.157 e. The van der Waals surface area contributed by atoms with E-state index in [0.717, 1.165) is 0 Å². The molecule has 0 aliphatic heterocycles. The average Bonchev–Trinajstić information content (AvgIpc) is 2.42. The molecule has 19 heavy (non-hydrogen) atoms. The number of halogens is 1. The summed E-state index contributed by atoms with van der Waals surface area (Å²) < 4.78 is 10.4. The molecule has 0 atom stereocenters.